The molecule has 4 rings (SSSR count). The van der Waals surface area contributed by atoms with E-state index in [0.717, 1.165) is 0 Å². The van der Waals surface area contributed by atoms with E-state index in [4.69, 9.17) is 16.0 Å². The lowest BCUT2D eigenvalue weighted by Gasteiger charge is -2.38. The average Bonchev–Trinajstić information content (AvgIpc) is 3.36. The highest BCUT2D eigenvalue weighted by Crippen LogP contribution is 2.35. The van der Waals surface area contributed by atoms with Crippen molar-refractivity contribution < 1.29 is 18.9 Å². The van der Waals surface area contributed by atoms with Gasteiger partial charge in [0.2, 0.25) is 11.8 Å². The largest absolute Gasteiger partial charge is 0.456 e. The molecule has 10 heteroatoms. The number of hydrogen-bond acceptors (Lipinski definition) is 6. The van der Waals surface area contributed by atoms with Gasteiger partial charge in [-0.2, -0.15) is 0 Å². The van der Waals surface area contributed by atoms with E-state index >= 15 is 0 Å². The molecule has 1 fully saturated rings. The Kier molecular flexibility index (Phi) is 7.93. The maximum absolute atomic E-state index is 12.7. The number of hydrogen-bond donors (Lipinski definition) is 1. The summed E-state index contributed by atoms with van der Waals surface area (Å²) in [4.78, 5) is 39.8. The van der Waals surface area contributed by atoms with Crippen LogP contribution in [0.15, 0.2) is 65.1 Å². The van der Waals surface area contributed by atoms with Crippen molar-refractivity contribution >= 4 is 46.6 Å². The topological polar surface area (TPSA) is 109 Å². The Bertz CT molecular complexity index is 1340. The molecule has 1 N–H and O–H groups in total. The van der Waals surface area contributed by atoms with Gasteiger partial charge in [-0.15, -0.1) is 0 Å². The lowest BCUT2D eigenvalue weighted by atomic mass is 10.1. The lowest BCUT2D eigenvalue weighted by molar-refractivity contribution is -0.384. The van der Waals surface area contributed by atoms with Crippen LogP contribution in [0.4, 0.5) is 17.1 Å². The number of furan rings is 1. The molecule has 3 aromatic rings. The summed E-state index contributed by atoms with van der Waals surface area (Å²) in [6.45, 7) is 6.13. The summed E-state index contributed by atoms with van der Waals surface area (Å²) in [5.41, 5.74) is 1.56. The van der Waals surface area contributed by atoms with E-state index in [1.807, 2.05) is 18.7 Å². The molecule has 0 aliphatic carbocycles. The second kappa shape index (κ2) is 11.3. The molecule has 1 saturated heterocycles. The summed E-state index contributed by atoms with van der Waals surface area (Å²) >= 11 is 6.51. The first-order valence-electron chi connectivity index (χ1n) is 11.9. The van der Waals surface area contributed by atoms with E-state index in [1.54, 1.807) is 48.5 Å². The van der Waals surface area contributed by atoms with Crippen LogP contribution in [0.3, 0.4) is 0 Å². The van der Waals surface area contributed by atoms with E-state index in [1.165, 1.54) is 18.2 Å². The van der Waals surface area contributed by atoms with Crippen LogP contribution in [0.2, 0.25) is 5.02 Å². The van der Waals surface area contributed by atoms with Crippen LogP contribution in [0.25, 0.3) is 17.4 Å². The van der Waals surface area contributed by atoms with E-state index in [9.17, 15) is 19.7 Å². The number of rotatable bonds is 7. The third-order valence-corrected chi connectivity index (χ3v) is 6.34. The molecule has 37 heavy (non-hydrogen) atoms. The van der Waals surface area contributed by atoms with Gasteiger partial charge in [-0.1, -0.05) is 43.6 Å². The Labute approximate surface area is 219 Å². The number of nitrogens with zero attached hydrogens (tertiary/aromatic N) is 3. The van der Waals surface area contributed by atoms with Crippen molar-refractivity contribution in [1.82, 2.24) is 4.90 Å². The third-order valence-electron chi connectivity index (χ3n) is 6.04. The minimum absolute atomic E-state index is 0.0541. The quantitative estimate of drug-likeness (QED) is 0.250. The molecule has 0 spiro atoms. The Morgan fingerprint density at radius 1 is 1.05 bits per heavy atom. The van der Waals surface area contributed by atoms with Crippen LogP contribution in [0.1, 0.15) is 19.6 Å². The molecule has 9 nitrogen and oxygen atoms in total. The van der Waals surface area contributed by atoms with E-state index in [-0.39, 0.29) is 23.4 Å². The number of anilines is 2. The van der Waals surface area contributed by atoms with Crippen LogP contribution in [-0.2, 0) is 9.59 Å². The molecule has 1 aromatic heterocycles. The van der Waals surface area contributed by atoms with Crippen molar-refractivity contribution in [3.8, 4) is 11.3 Å². The Hall–Kier alpha value is -4.11. The molecular formula is C27H27ClN4O5. The number of piperazine rings is 1. The van der Waals surface area contributed by atoms with Crippen LogP contribution < -0.4 is 10.2 Å². The maximum Gasteiger partial charge on any atom is 0.280 e. The van der Waals surface area contributed by atoms with Crippen molar-refractivity contribution in [3.63, 3.8) is 0 Å². The molecule has 0 radical (unpaired) electrons. The number of nitrogens with one attached hydrogen (secondary N) is 1. The van der Waals surface area contributed by atoms with Crippen molar-refractivity contribution in [3.05, 3.63) is 81.6 Å². The molecule has 2 heterocycles. The fourth-order valence-corrected chi connectivity index (χ4v) is 4.51. The van der Waals surface area contributed by atoms with Gasteiger partial charge < -0.3 is 19.5 Å². The second-order valence-corrected chi connectivity index (χ2v) is 9.31. The predicted molar refractivity (Wildman–Crippen MR) is 144 cm³/mol. The molecule has 0 bridgehead atoms. The number of nitro benzene ring substituents is 1. The highest BCUT2D eigenvalue weighted by Gasteiger charge is 2.25. The van der Waals surface area contributed by atoms with Gasteiger partial charge in [-0.25, -0.2) is 0 Å². The van der Waals surface area contributed by atoms with Crippen LogP contribution in [0, 0.1) is 16.0 Å². The van der Waals surface area contributed by atoms with Gasteiger partial charge >= 0.3 is 0 Å². The fourth-order valence-electron chi connectivity index (χ4n) is 4.21. The molecule has 2 amide bonds. The Morgan fingerprint density at radius 3 is 2.49 bits per heavy atom. The summed E-state index contributed by atoms with van der Waals surface area (Å²) in [5.74, 6) is 0.392. The average molecular weight is 523 g/mol. The molecule has 192 valence electrons. The van der Waals surface area contributed by atoms with Crippen molar-refractivity contribution in [1.29, 1.82) is 0 Å². The highest BCUT2D eigenvalue weighted by atomic mass is 35.5. The van der Waals surface area contributed by atoms with Crippen molar-refractivity contribution in [2.75, 3.05) is 36.4 Å². The number of nitro groups is 1. The lowest BCUT2D eigenvalue weighted by Crippen LogP contribution is -2.50. The van der Waals surface area contributed by atoms with Crippen LogP contribution in [-0.4, -0.2) is 47.8 Å². The zero-order chi connectivity index (χ0) is 26.5. The number of halogens is 1. The highest BCUT2D eigenvalue weighted by molar-refractivity contribution is 6.34. The molecule has 0 unspecified atom stereocenters. The molecule has 0 atom stereocenters. The maximum atomic E-state index is 12.7. The zero-order valence-electron chi connectivity index (χ0n) is 20.5. The molecule has 2 aromatic carbocycles. The molecule has 1 aliphatic heterocycles. The second-order valence-electron chi connectivity index (χ2n) is 8.90. The zero-order valence-corrected chi connectivity index (χ0v) is 21.3. The summed E-state index contributed by atoms with van der Waals surface area (Å²) in [5, 5.41) is 14.7. The first-order chi connectivity index (χ1) is 17.7. The first kappa shape index (κ1) is 26.0. The summed E-state index contributed by atoms with van der Waals surface area (Å²) in [6, 6.07) is 14.9. The fraction of sp³-hybridized carbons (Fsp3) is 0.259. The number of benzene rings is 2. The standard InChI is InChI=1S/C27H27ClN4O5/c1-18(2)27(34)31-16-14-30(15-17-31)26-21(28)7-5-8-22(26)29-25(33)13-11-19-10-12-24(37-19)20-6-3-4-9-23(20)32(35)36/h3-13,18H,14-17H2,1-2H3,(H,29,33)/b13-11+. The van der Waals surface area contributed by atoms with E-state index in [0.29, 0.717) is 59.7 Å². The van der Waals surface area contributed by atoms with Crippen LogP contribution in [0.5, 0.6) is 0 Å². The smallest absolute Gasteiger partial charge is 0.280 e. The third kappa shape index (κ3) is 6.00. The minimum Gasteiger partial charge on any atom is -0.456 e. The normalized spacial score (nSPS) is 13.8. The van der Waals surface area contributed by atoms with E-state index < -0.39 is 4.92 Å². The van der Waals surface area contributed by atoms with Gasteiger partial charge in [-0.05, 0) is 36.4 Å². The van der Waals surface area contributed by atoms with Gasteiger partial charge in [0, 0.05) is 44.2 Å². The molecule has 1 aliphatic rings. The van der Waals surface area contributed by atoms with Crippen molar-refractivity contribution in [2.24, 2.45) is 5.92 Å². The van der Waals surface area contributed by atoms with Gasteiger partial charge in [0.15, 0.2) is 0 Å². The first-order valence-corrected chi connectivity index (χ1v) is 12.3. The van der Waals surface area contributed by atoms with Gasteiger partial charge in [0.1, 0.15) is 11.5 Å². The molecule has 0 saturated carbocycles. The van der Waals surface area contributed by atoms with Gasteiger partial charge in [-0.3, -0.25) is 19.7 Å². The van der Waals surface area contributed by atoms with Crippen molar-refractivity contribution in [2.45, 2.75) is 13.8 Å². The van der Waals surface area contributed by atoms with Gasteiger partial charge in [0.05, 0.1) is 26.9 Å². The summed E-state index contributed by atoms with van der Waals surface area (Å²) in [6.07, 6.45) is 2.82. The number of para-hydroxylation sites is 2. The summed E-state index contributed by atoms with van der Waals surface area (Å²) < 4.78 is 5.71. The molecular weight excluding hydrogens is 496 g/mol. The Balaban J connectivity index is 1.45. The monoisotopic (exact) mass is 522 g/mol. The van der Waals surface area contributed by atoms with Crippen LogP contribution >= 0.6 is 11.6 Å². The SMILES string of the molecule is CC(C)C(=O)N1CCN(c2c(Cl)cccc2NC(=O)/C=C/c2ccc(-c3ccccc3[N+](=O)[O-])o2)CC1. The number of carbonyl (C=O) groups is 2. The minimum atomic E-state index is -0.467. The number of carbonyl (C=O) groups excluding carboxylic acids is 2. The Morgan fingerprint density at radius 2 is 1.78 bits per heavy atom. The summed E-state index contributed by atoms with van der Waals surface area (Å²) in [7, 11) is 0. The van der Waals surface area contributed by atoms with Gasteiger partial charge in [0.25, 0.3) is 5.69 Å². The van der Waals surface area contributed by atoms with E-state index in [2.05, 4.69) is 10.2 Å². The number of amides is 2. The predicted octanol–water partition coefficient (Wildman–Crippen LogP) is 5.46.